The van der Waals surface area contributed by atoms with Crippen LogP contribution in [-0.2, 0) is 4.79 Å². The highest BCUT2D eigenvalue weighted by Gasteiger charge is 2.06. The van der Waals surface area contributed by atoms with Crippen LogP contribution in [0.25, 0.3) is 0 Å². The summed E-state index contributed by atoms with van der Waals surface area (Å²) in [6.45, 7) is 1.87. The first-order chi connectivity index (χ1) is 7.13. The van der Waals surface area contributed by atoms with E-state index < -0.39 is 5.97 Å². The predicted octanol–water partition coefficient (Wildman–Crippen LogP) is 2.09. The maximum atomic E-state index is 11.1. The highest BCUT2D eigenvalue weighted by molar-refractivity contribution is 5.88. The molecule has 1 rings (SSSR count). The van der Waals surface area contributed by atoms with E-state index in [1.165, 1.54) is 18.2 Å². The van der Waals surface area contributed by atoms with E-state index in [2.05, 4.69) is 0 Å². The van der Waals surface area contributed by atoms with Crippen molar-refractivity contribution in [3.63, 3.8) is 0 Å². The largest absolute Gasteiger partial charge is 0.478 e. The normalized spacial score (nSPS) is 9.67. The third-order valence-electron chi connectivity index (χ3n) is 1.77. The summed E-state index contributed by atoms with van der Waals surface area (Å²) in [4.78, 5) is 21.7. The van der Waals surface area contributed by atoms with Crippen LogP contribution in [0.1, 0.15) is 30.1 Å². The number of hydrogen-bond acceptors (Lipinski definition) is 3. The smallest absolute Gasteiger partial charge is 0.335 e. The lowest BCUT2D eigenvalue weighted by molar-refractivity contribution is -0.134. The molecule has 0 fully saturated rings. The fourth-order valence-electron chi connectivity index (χ4n) is 1.08. The summed E-state index contributed by atoms with van der Waals surface area (Å²) in [7, 11) is 0. The molecule has 0 unspecified atom stereocenters. The van der Waals surface area contributed by atoms with Crippen LogP contribution < -0.4 is 4.74 Å². The van der Waals surface area contributed by atoms with Gasteiger partial charge in [-0.2, -0.15) is 0 Å². The Labute approximate surface area is 87.5 Å². The molecule has 1 aromatic rings. The van der Waals surface area contributed by atoms with Crippen LogP contribution in [0.2, 0.25) is 0 Å². The number of carboxylic acid groups (broad SMARTS) is 1. The molecular weight excluding hydrogens is 196 g/mol. The number of hydrogen-bond donors (Lipinski definition) is 1. The van der Waals surface area contributed by atoms with Gasteiger partial charge in [-0.25, -0.2) is 4.79 Å². The van der Waals surface area contributed by atoms with Crippen LogP contribution in [-0.4, -0.2) is 17.0 Å². The van der Waals surface area contributed by atoms with E-state index in [1.54, 1.807) is 6.07 Å². The summed E-state index contributed by atoms with van der Waals surface area (Å²) in [5.41, 5.74) is 0.108. The van der Waals surface area contributed by atoms with Gasteiger partial charge in [0.15, 0.2) is 0 Å². The minimum absolute atomic E-state index is 0.108. The molecule has 0 saturated heterocycles. The second-order valence-electron chi connectivity index (χ2n) is 3.06. The number of rotatable bonds is 4. The average molecular weight is 208 g/mol. The van der Waals surface area contributed by atoms with Gasteiger partial charge < -0.3 is 9.84 Å². The minimum atomic E-state index is -1.04. The van der Waals surface area contributed by atoms with Crippen LogP contribution in [0.4, 0.5) is 0 Å². The molecule has 0 amide bonds. The summed E-state index contributed by atoms with van der Waals surface area (Å²) in [6, 6.07) is 5.87. The molecular formula is C11H12O4. The van der Waals surface area contributed by atoms with Crippen LogP contribution >= 0.6 is 0 Å². The van der Waals surface area contributed by atoms with Gasteiger partial charge in [0.2, 0.25) is 0 Å². The minimum Gasteiger partial charge on any atom is -0.478 e. The van der Waals surface area contributed by atoms with Crippen molar-refractivity contribution >= 4 is 11.9 Å². The van der Waals surface area contributed by atoms with Crippen LogP contribution in [0.3, 0.4) is 0 Å². The number of carbonyl (C=O) groups is 2. The summed E-state index contributed by atoms with van der Waals surface area (Å²) >= 11 is 0. The number of carbonyl (C=O) groups excluding carboxylic acids is 1. The first kappa shape index (κ1) is 11.2. The van der Waals surface area contributed by atoms with E-state index >= 15 is 0 Å². The van der Waals surface area contributed by atoms with E-state index in [0.717, 1.165) is 0 Å². The predicted molar refractivity (Wildman–Crippen MR) is 53.9 cm³/mol. The van der Waals surface area contributed by atoms with E-state index in [4.69, 9.17) is 9.84 Å². The Kier molecular flexibility index (Phi) is 3.85. The van der Waals surface area contributed by atoms with Crippen molar-refractivity contribution in [2.24, 2.45) is 0 Å². The molecule has 1 N–H and O–H groups in total. The van der Waals surface area contributed by atoms with Gasteiger partial charge in [-0.15, -0.1) is 0 Å². The highest BCUT2D eigenvalue weighted by Crippen LogP contribution is 2.14. The molecule has 4 heteroatoms. The summed E-state index contributed by atoms with van der Waals surface area (Å²) in [5, 5.41) is 8.71. The van der Waals surface area contributed by atoms with Gasteiger partial charge >= 0.3 is 11.9 Å². The van der Waals surface area contributed by atoms with Gasteiger partial charge in [-0.3, -0.25) is 4.79 Å². The van der Waals surface area contributed by atoms with Crippen molar-refractivity contribution in [3.05, 3.63) is 29.8 Å². The van der Waals surface area contributed by atoms with Crippen molar-refractivity contribution in [3.8, 4) is 5.75 Å². The number of aromatic carboxylic acids is 1. The van der Waals surface area contributed by atoms with E-state index in [0.29, 0.717) is 12.8 Å². The fraction of sp³-hybridized carbons (Fsp3) is 0.273. The number of ether oxygens (including phenoxy) is 1. The molecule has 4 nitrogen and oxygen atoms in total. The first-order valence-electron chi connectivity index (χ1n) is 4.67. The maximum Gasteiger partial charge on any atom is 0.335 e. The SMILES string of the molecule is CCCC(=O)Oc1cccc(C(=O)O)c1. The van der Waals surface area contributed by atoms with Gasteiger partial charge in [0.1, 0.15) is 5.75 Å². The molecule has 80 valence electrons. The number of esters is 1. The van der Waals surface area contributed by atoms with Crippen LogP contribution in [0, 0.1) is 0 Å². The van der Waals surface area contributed by atoms with Gasteiger partial charge in [-0.05, 0) is 24.6 Å². The van der Waals surface area contributed by atoms with Crippen molar-refractivity contribution in [2.75, 3.05) is 0 Å². The lowest BCUT2D eigenvalue weighted by Crippen LogP contribution is -2.07. The molecule has 0 bridgehead atoms. The molecule has 0 saturated carbocycles. The zero-order valence-corrected chi connectivity index (χ0v) is 8.40. The zero-order valence-electron chi connectivity index (χ0n) is 8.40. The Morgan fingerprint density at radius 3 is 2.73 bits per heavy atom. The van der Waals surface area contributed by atoms with Gasteiger partial charge in [0.05, 0.1) is 5.56 Å². The summed E-state index contributed by atoms with van der Waals surface area (Å²) in [6.07, 6.45) is 1.04. The van der Waals surface area contributed by atoms with Crippen molar-refractivity contribution in [1.29, 1.82) is 0 Å². The molecule has 15 heavy (non-hydrogen) atoms. The topological polar surface area (TPSA) is 63.6 Å². The monoisotopic (exact) mass is 208 g/mol. The van der Waals surface area contributed by atoms with Crippen LogP contribution in [0.15, 0.2) is 24.3 Å². The van der Waals surface area contributed by atoms with Crippen molar-refractivity contribution < 1.29 is 19.4 Å². The summed E-state index contributed by atoms with van der Waals surface area (Å²) < 4.78 is 4.94. The van der Waals surface area contributed by atoms with Gasteiger partial charge in [0.25, 0.3) is 0 Å². The first-order valence-corrected chi connectivity index (χ1v) is 4.67. The van der Waals surface area contributed by atoms with Crippen molar-refractivity contribution in [2.45, 2.75) is 19.8 Å². The summed E-state index contributed by atoms with van der Waals surface area (Å²) in [5.74, 6) is -1.11. The molecule has 0 radical (unpaired) electrons. The van der Waals surface area contributed by atoms with Crippen molar-refractivity contribution in [1.82, 2.24) is 0 Å². The number of carboxylic acids is 1. The molecule has 0 atom stereocenters. The van der Waals surface area contributed by atoms with E-state index in [1.807, 2.05) is 6.92 Å². The average Bonchev–Trinajstić information content (AvgIpc) is 2.18. The molecule has 0 aliphatic rings. The molecule has 1 aromatic carbocycles. The fourth-order valence-corrected chi connectivity index (χ4v) is 1.08. The molecule has 0 aliphatic carbocycles. The number of benzene rings is 1. The quantitative estimate of drug-likeness (QED) is 0.607. The molecule has 0 aromatic heterocycles. The lowest BCUT2D eigenvalue weighted by atomic mass is 10.2. The Bertz CT molecular complexity index is 371. The second kappa shape index (κ2) is 5.14. The Morgan fingerprint density at radius 2 is 2.13 bits per heavy atom. The maximum absolute atomic E-state index is 11.1. The molecule has 0 heterocycles. The van der Waals surface area contributed by atoms with E-state index in [-0.39, 0.29) is 17.3 Å². The third-order valence-corrected chi connectivity index (χ3v) is 1.77. The highest BCUT2D eigenvalue weighted by atomic mass is 16.5. The molecule has 0 spiro atoms. The lowest BCUT2D eigenvalue weighted by Gasteiger charge is -2.03. The van der Waals surface area contributed by atoms with E-state index in [9.17, 15) is 9.59 Å². The van der Waals surface area contributed by atoms with Crippen LogP contribution in [0.5, 0.6) is 5.75 Å². The zero-order chi connectivity index (χ0) is 11.3. The second-order valence-corrected chi connectivity index (χ2v) is 3.06. The Hall–Kier alpha value is -1.84. The Morgan fingerprint density at radius 1 is 1.40 bits per heavy atom. The standard InChI is InChI=1S/C11H12O4/c1-2-4-10(12)15-9-6-3-5-8(7-9)11(13)14/h3,5-7H,2,4H2,1H3,(H,13,14). The third kappa shape index (κ3) is 3.42. The van der Waals surface area contributed by atoms with Gasteiger partial charge in [0, 0.05) is 6.42 Å². The van der Waals surface area contributed by atoms with Gasteiger partial charge in [-0.1, -0.05) is 13.0 Å². The Balaban J connectivity index is 2.73. The molecule has 0 aliphatic heterocycles.